The molecule has 20 heavy (non-hydrogen) atoms. The van der Waals surface area contributed by atoms with Crippen LogP contribution in [0.3, 0.4) is 0 Å². The largest absolute Gasteiger partial charge is 1.00 e. The van der Waals surface area contributed by atoms with Gasteiger partial charge in [-0.3, -0.25) is 0 Å². The molecule has 1 heterocycles. The highest BCUT2D eigenvalue weighted by Crippen LogP contribution is 2.28. The molecule has 0 unspecified atom stereocenters. The molecule has 3 nitrogen and oxygen atoms in total. The van der Waals surface area contributed by atoms with Crippen LogP contribution >= 0.6 is 0 Å². The van der Waals surface area contributed by atoms with Crippen LogP contribution in [0.15, 0.2) is 54.4 Å². The Morgan fingerprint density at radius 3 is 2.45 bits per heavy atom. The molecule has 0 spiro atoms. The average molecular weight is 332 g/mol. The van der Waals surface area contributed by atoms with E-state index < -0.39 is 0 Å². The Morgan fingerprint density at radius 1 is 1.05 bits per heavy atom. The molecule has 0 radical (unpaired) electrons. The van der Waals surface area contributed by atoms with Crippen LogP contribution in [0.1, 0.15) is 11.1 Å². The quantitative estimate of drug-likeness (QED) is 0.840. The summed E-state index contributed by atoms with van der Waals surface area (Å²) in [6.45, 7) is 0.796. The van der Waals surface area contributed by atoms with Crippen LogP contribution < -0.4 is 32.4 Å². The minimum atomic E-state index is 0. The predicted molar refractivity (Wildman–Crippen MR) is 77.8 cm³/mol. The molecule has 0 atom stereocenters. The van der Waals surface area contributed by atoms with Gasteiger partial charge in [-0.2, -0.15) is 0 Å². The highest BCUT2D eigenvalue weighted by Gasteiger charge is 2.16. The summed E-state index contributed by atoms with van der Waals surface area (Å²) in [5.41, 5.74) is 9.71. The molecule has 0 aliphatic carbocycles. The summed E-state index contributed by atoms with van der Waals surface area (Å²) in [6, 6.07) is 16.3. The Morgan fingerprint density at radius 2 is 1.75 bits per heavy atom. The van der Waals surface area contributed by atoms with Crippen molar-refractivity contribution >= 4 is 11.8 Å². The lowest BCUT2D eigenvalue weighted by atomic mass is 10.0. The third kappa shape index (κ3) is 2.65. The van der Waals surface area contributed by atoms with E-state index >= 15 is 0 Å². The number of methoxy groups -OCH3 is 1. The molecule has 0 saturated heterocycles. The number of halogens is 1. The summed E-state index contributed by atoms with van der Waals surface area (Å²) in [7, 11) is 1.67. The molecule has 0 saturated carbocycles. The Labute approximate surface area is 129 Å². The SMILES string of the molecule is COc1ccc(N2Cc3ccccc3C=C2N)cc1.[Br-]. The number of hydrogen-bond donors (Lipinski definition) is 1. The van der Waals surface area contributed by atoms with Crippen molar-refractivity contribution in [3.8, 4) is 5.75 Å². The molecule has 104 valence electrons. The van der Waals surface area contributed by atoms with Gasteiger partial charge in [-0.1, -0.05) is 24.3 Å². The number of hydrogen-bond acceptors (Lipinski definition) is 3. The second-order valence-electron chi connectivity index (χ2n) is 4.55. The van der Waals surface area contributed by atoms with Crippen molar-refractivity contribution in [1.82, 2.24) is 0 Å². The van der Waals surface area contributed by atoms with Crippen molar-refractivity contribution < 1.29 is 21.7 Å². The van der Waals surface area contributed by atoms with E-state index in [9.17, 15) is 0 Å². The Bertz CT molecular complexity index is 623. The van der Waals surface area contributed by atoms with E-state index in [4.69, 9.17) is 10.5 Å². The van der Waals surface area contributed by atoms with E-state index in [1.165, 1.54) is 11.1 Å². The van der Waals surface area contributed by atoms with Gasteiger partial charge in [-0.05, 0) is 41.5 Å². The van der Waals surface area contributed by atoms with Gasteiger partial charge in [0, 0.05) is 5.69 Å². The highest BCUT2D eigenvalue weighted by atomic mass is 79.9. The minimum absolute atomic E-state index is 0. The molecule has 0 amide bonds. The molecule has 1 aliphatic heterocycles. The average Bonchev–Trinajstić information content (AvgIpc) is 2.47. The van der Waals surface area contributed by atoms with E-state index in [0.29, 0.717) is 0 Å². The Kier molecular flexibility index (Phi) is 4.35. The van der Waals surface area contributed by atoms with E-state index in [1.54, 1.807) is 7.11 Å². The maximum absolute atomic E-state index is 6.15. The second kappa shape index (κ2) is 6.01. The van der Waals surface area contributed by atoms with Crippen LogP contribution in [0.2, 0.25) is 0 Å². The van der Waals surface area contributed by atoms with E-state index in [2.05, 4.69) is 23.1 Å². The monoisotopic (exact) mass is 331 g/mol. The third-order valence-electron chi connectivity index (χ3n) is 3.38. The number of ether oxygens (including phenoxy) is 1. The van der Waals surface area contributed by atoms with Gasteiger partial charge < -0.3 is 32.4 Å². The number of nitrogens with zero attached hydrogens (tertiary/aromatic N) is 1. The summed E-state index contributed by atoms with van der Waals surface area (Å²) in [5.74, 6) is 1.62. The summed E-state index contributed by atoms with van der Waals surface area (Å²) in [5, 5.41) is 0. The lowest BCUT2D eigenvalue weighted by molar-refractivity contribution is -0.00000413. The van der Waals surface area contributed by atoms with Gasteiger partial charge in [-0.25, -0.2) is 0 Å². The van der Waals surface area contributed by atoms with Crippen molar-refractivity contribution in [3.63, 3.8) is 0 Å². The summed E-state index contributed by atoms with van der Waals surface area (Å²) >= 11 is 0. The van der Waals surface area contributed by atoms with Crippen LogP contribution in [0.25, 0.3) is 6.08 Å². The topological polar surface area (TPSA) is 38.5 Å². The zero-order valence-corrected chi connectivity index (χ0v) is 12.8. The van der Waals surface area contributed by atoms with Gasteiger partial charge in [0.25, 0.3) is 0 Å². The minimum Gasteiger partial charge on any atom is -1.00 e. The number of nitrogens with two attached hydrogens (primary N) is 1. The Hall–Kier alpha value is -1.94. The molecule has 0 fully saturated rings. The number of anilines is 1. The van der Waals surface area contributed by atoms with Crippen molar-refractivity contribution in [2.45, 2.75) is 6.54 Å². The van der Waals surface area contributed by atoms with E-state index in [1.807, 2.05) is 36.4 Å². The van der Waals surface area contributed by atoms with Crippen molar-refractivity contribution in [2.24, 2.45) is 5.73 Å². The Balaban J connectivity index is 0.00000147. The first kappa shape index (κ1) is 14.5. The number of rotatable bonds is 2. The zero-order chi connectivity index (χ0) is 13.2. The molecule has 2 aromatic carbocycles. The molecular formula is C16H16BrN2O-. The van der Waals surface area contributed by atoms with E-state index in [-0.39, 0.29) is 17.0 Å². The fraction of sp³-hybridized carbons (Fsp3) is 0.125. The van der Waals surface area contributed by atoms with Gasteiger partial charge in [0.2, 0.25) is 0 Å². The first-order valence-electron chi connectivity index (χ1n) is 6.24. The smallest absolute Gasteiger partial charge is 0.119 e. The maximum Gasteiger partial charge on any atom is 0.119 e. The molecule has 2 N–H and O–H groups in total. The first-order chi connectivity index (χ1) is 9.28. The van der Waals surface area contributed by atoms with Gasteiger partial charge in [0.05, 0.1) is 13.7 Å². The summed E-state index contributed by atoms with van der Waals surface area (Å²) < 4.78 is 5.18. The van der Waals surface area contributed by atoms with E-state index in [0.717, 1.165) is 23.8 Å². The van der Waals surface area contributed by atoms with Crippen LogP contribution in [0.4, 0.5) is 5.69 Å². The lowest BCUT2D eigenvalue weighted by Gasteiger charge is -2.29. The normalized spacial score (nSPS) is 13.1. The zero-order valence-electron chi connectivity index (χ0n) is 11.2. The van der Waals surface area contributed by atoms with Crippen LogP contribution in [0, 0.1) is 0 Å². The summed E-state index contributed by atoms with van der Waals surface area (Å²) in [6.07, 6.45) is 2.02. The van der Waals surface area contributed by atoms with Gasteiger partial charge in [-0.15, -0.1) is 0 Å². The van der Waals surface area contributed by atoms with Crippen LogP contribution in [-0.4, -0.2) is 7.11 Å². The molecule has 0 aromatic heterocycles. The molecule has 1 aliphatic rings. The molecular weight excluding hydrogens is 316 g/mol. The number of benzene rings is 2. The van der Waals surface area contributed by atoms with Gasteiger partial charge >= 0.3 is 0 Å². The third-order valence-corrected chi connectivity index (χ3v) is 3.38. The van der Waals surface area contributed by atoms with Gasteiger partial charge in [0.1, 0.15) is 11.6 Å². The second-order valence-corrected chi connectivity index (χ2v) is 4.55. The first-order valence-corrected chi connectivity index (χ1v) is 6.24. The van der Waals surface area contributed by atoms with Crippen molar-refractivity contribution in [3.05, 3.63) is 65.5 Å². The molecule has 4 heteroatoms. The van der Waals surface area contributed by atoms with Crippen molar-refractivity contribution in [2.75, 3.05) is 12.0 Å². The number of fused-ring (bicyclic) bond motifs is 1. The van der Waals surface area contributed by atoms with Gasteiger partial charge in [0.15, 0.2) is 0 Å². The van der Waals surface area contributed by atoms with Crippen LogP contribution in [0.5, 0.6) is 5.75 Å². The summed E-state index contributed by atoms with van der Waals surface area (Å²) in [4.78, 5) is 2.10. The molecule has 3 rings (SSSR count). The van der Waals surface area contributed by atoms with Crippen LogP contribution in [-0.2, 0) is 6.54 Å². The fourth-order valence-electron chi connectivity index (χ4n) is 2.32. The standard InChI is InChI=1S/C16H16N2O.BrH/c1-19-15-8-6-14(7-9-15)18-11-13-5-3-2-4-12(13)10-16(18)17;/h2-10H,11,17H2,1H3;1H/p-1. The highest BCUT2D eigenvalue weighted by molar-refractivity contribution is 5.67. The van der Waals surface area contributed by atoms with Crippen molar-refractivity contribution in [1.29, 1.82) is 0 Å². The maximum atomic E-state index is 6.15. The lowest BCUT2D eigenvalue weighted by Crippen LogP contribution is -3.00. The predicted octanol–water partition coefficient (Wildman–Crippen LogP) is -0.0235. The fourth-order valence-corrected chi connectivity index (χ4v) is 2.32. The molecule has 0 bridgehead atoms. The molecule has 2 aromatic rings.